The van der Waals surface area contributed by atoms with E-state index in [0.29, 0.717) is 12.0 Å². The van der Waals surface area contributed by atoms with E-state index in [1.165, 1.54) is 12.1 Å². The molecule has 0 radical (unpaired) electrons. The molecule has 1 aliphatic heterocycles. The Balaban J connectivity index is 2.69. The minimum Gasteiger partial charge on any atom is -0.478 e. The predicted molar refractivity (Wildman–Crippen MR) is 52.5 cm³/mol. The molecule has 0 unspecified atom stereocenters. The summed E-state index contributed by atoms with van der Waals surface area (Å²) in [6.07, 6.45) is 0.469. The second-order valence-electron chi connectivity index (χ2n) is 3.39. The van der Waals surface area contributed by atoms with Crippen LogP contribution in [0.4, 0.5) is 0 Å². The van der Waals surface area contributed by atoms with Crippen LogP contribution in [-0.4, -0.2) is 23.0 Å². The van der Waals surface area contributed by atoms with E-state index in [1.54, 1.807) is 6.92 Å². The lowest BCUT2D eigenvalue weighted by Crippen LogP contribution is -2.05. The zero-order valence-corrected chi connectivity index (χ0v) is 8.44. The SMILES string of the molecule is CCc1cc2c(cc1C(=O)O)C(=O)OC2=O. The van der Waals surface area contributed by atoms with Gasteiger partial charge in [0.05, 0.1) is 16.7 Å². The van der Waals surface area contributed by atoms with Gasteiger partial charge in [0.1, 0.15) is 0 Å². The van der Waals surface area contributed by atoms with Crippen molar-refractivity contribution in [3.05, 3.63) is 34.4 Å². The monoisotopic (exact) mass is 220 g/mol. The normalized spacial score (nSPS) is 13.6. The molecule has 1 aromatic carbocycles. The number of fused-ring (bicyclic) bond motifs is 1. The van der Waals surface area contributed by atoms with Gasteiger partial charge in [-0.05, 0) is 24.1 Å². The molecule has 1 N–H and O–H groups in total. The van der Waals surface area contributed by atoms with Gasteiger partial charge in [-0.25, -0.2) is 14.4 Å². The number of carbonyl (C=O) groups excluding carboxylic acids is 2. The summed E-state index contributed by atoms with van der Waals surface area (Å²) in [5.74, 6) is -2.62. The van der Waals surface area contributed by atoms with Crippen LogP contribution < -0.4 is 0 Å². The van der Waals surface area contributed by atoms with E-state index in [9.17, 15) is 14.4 Å². The zero-order chi connectivity index (χ0) is 11.9. The van der Waals surface area contributed by atoms with E-state index in [1.807, 2.05) is 0 Å². The molecular weight excluding hydrogens is 212 g/mol. The quantitative estimate of drug-likeness (QED) is 0.599. The van der Waals surface area contributed by atoms with Crippen molar-refractivity contribution in [3.63, 3.8) is 0 Å². The number of carboxylic acids is 1. The third-order valence-corrected chi connectivity index (χ3v) is 2.48. The van der Waals surface area contributed by atoms with E-state index < -0.39 is 17.9 Å². The molecule has 0 saturated carbocycles. The fraction of sp³-hybridized carbons (Fsp3) is 0.182. The number of carbonyl (C=O) groups is 3. The summed E-state index contributed by atoms with van der Waals surface area (Å²) < 4.78 is 4.40. The number of cyclic esters (lactones) is 2. The highest BCUT2D eigenvalue weighted by atomic mass is 16.6. The van der Waals surface area contributed by atoms with Crippen LogP contribution in [0.2, 0.25) is 0 Å². The number of hydrogen-bond acceptors (Lipinski definition) is 4. The number of carboxylic acid groups (broad SMARTS) is 1. The zero-order valence-electron chi connectivity index (χ0n) is 8.44. The molecule has 2 rings (SSSR count). The lowest BCUT2D eigenvalue weighted by molar-refractivity contribution is 0.0443. The summed E-state index contributed by atoms with van der Waals surface area (Å²) in [5.41, 5.74) is 0.720. The predicted octanol–water partition coefficient (Wildman–Crippen LogP) is 1.26. The molecule has 5 nitrogen and oxygen atoms in total. The minimum absolute atomic E-state index is 0.0274. The van der Waals surface area contributed by atoms with Crippen LogP contribution in [0.3, 0.4) is 0 Å². The number of rotatable bonds is 2. The third kappa shape index (κ3) is 1.37. The van der Waals surface area contributed by atoms with Crippen molar-refractivity contribution in [1.29, 1.82) is 0 Å². The van der Waals surface area contributed by atoms with Crippen LogP contribution >= 0.6 is 0 Å². The van der Waals surface area contributed by atoms with Crippen molar-refractivity contribution in [2.24, 2.45) is 0 Å². The molecular formula is C11H8O5. The Morgan fingerprint density at radius 1 is 1.25 bits per heavy atom. The number of aryl methyl sites for hydroxylation is 1. The minimum atomic E-state index is -1.12. The fourth-order valence-electron chi connectivity index (χ4n) is 1.67. The molecule has 0 bridgehead atoms. The maximum atomic E-state index is 11.2. The third-order valence-electron chi connectivity index (χ3n) is 2.48. The standard InChI is InChI=1S/C11H8O5/c1-2-5-3-7-8(4-6(5)9(12)13)11(15)16-10(7)14/h3-4H,2H2,1H3,(H,12,13). The van der Waals surface area contributed by atoms with Crippen LogP contribution in [0.25, 0.3) is 0 Å². The summed E-state index contributed by atoms with van der Waals surface area (Å²) >= 11 is 0. The van der Waals surface area contributed by atoms with Gasteiger partial charge < -0.3 is 9.84 Å². The number of aromatic carboxylic acids is 1. The van der Waals surface area contributed by atoms with Gasteiger partial charge in [-0.15, -0.1) is 0 Å². The summed E-state index contributed by atoms with van der Waals surface area (Å²) in [4.78, 5) is 33.4. The second-order valence-corrected chi connectivity index (χ2v) is 3.39. The van der Waals surface area contributed by atoms with Crippen molar-refractivity contribution >= 4 is 17.9 Å². The average molecular weight is 220 g/mol. The van der Waals surface area contributed by atoms with E-state index in [4.69, 9.17) is 5.11 Å². The summed E-state index contributed by atoms with van der Waals surface area (Å²) in [6, 6.07) is 2.61. The molecule has 1 heterocycles. The topological polar surface area (TPSA) is 80.7 Å². The molecule has 82 valence electrons. The number of ether oxygens (including phenoxy) is 1. The average Bonchev–Trinajstić information content (AvgIpc) is 2.52. The van der Waals surface area contributed by atoms with Gasteiger partial charge in [0, 0.05) is 0 Å². The van der Waals surface area contributed by atoms with Gasteiger partial charge in [0.15, 0.2) is 0 Å². The molecule has 5 heteroatoms. The number of hydrogen-bond donors (Lipinski definition) is 1. The lowest BCUT2D eigenvalue weighted by atomic mass is 9.98. The van der Waals surface area contributed by atoms with Crippen molar-refractivity contribution in [3.8, 4) is 0 Å². The highest BCUT2D eigenvalue weighted by Crippen LogP contribution is 2.24. The van der Waals surface area contributed by atoms with Gasteiger partial charge in [0.25, 0.3) is 0 Å². The molecule has 0 aliphatic carbocycles. The molecule has 0 saturated heterocycles. The highest BCUT2D eigenvalue weighted by Gasteiger charge is 2.31. The first-order chi connectivity index (χ1) is 7.54. The number of esters is 2. The van der Waals surface area contributed by atoms with E-state index in [-0.39, 0.29) is 16.7 Å². The van der Waals surface area contributed by atoms with Crippen molar-refractivity contribution in [1.82, 2.24) is 0 Å². The molecule has 0 fully saturated rings. The summed E-state index contributed by atoms with van der Waals surface area (Å²) in [5, 5.41) is 8.94. The first-order valence-corrected chi connectivity index (χ1v) is 4.71. The van der Waals surface area contributed by atoms with Crippen molar-refractivity contribution < 1.29 is 24.2 Å². The van der Waals surface area contributed by atoms with E-state index in [2.05, 4.69) is 4.74 Å². The Hall–Kier alpha value is -2.17. The van der Waals surface area contributed by atoms with Gasteiger partial charge in [-0.1, -0.05) is 6.92 Å². The van der Waals surface area contributed by atoms with E-state index >= 15 is 0 Å². The first-order valence-electron chi connectivity index (χ1n) is 4.71. The Labute approximate surface area is 90.6 Å². The fourth-order valence-corrected chi connectivity index (χ4v) is 1.67. The Kier molecular flexibility index (Phi) is 2.23. The smallest absolute Gasteiger partial charge is 0.346 e. The highest BCUT2D eigenvalue weighted by molar-refractivity contribution is 6.15. The van der Waals surface area contributed by atoms with Crippen LogP contribution in [-0.2, 0) is 11.2 Å². The summed E-state index contributed by atoms with van der Waals surface area (Å²) in [6.45, 7) is 1.77. The first kappa shape index (κ1) is 10.4. The number of benzene rings is 1. The molecule has 16 heavy (non-hydrogen) atoms. The Bertz CT molecular complexity index is 515. The lowest BCUT2D eigenvalue weighted by Gasteiger charge is -2.04. The molecule has 0 spiro atoms. The van der Waals surface area contributed by atoms with Gasteiger partial charge in [-0.2, -0.15) is 0 Å². The molecule has 1 aromatic rings. The van der Waals surface area contributed by atoms with Crippen LogP contribution in [0.15, 0.2) is 12.1 Å². The van der Waals surface area contributed by atoms with E-state index in [0.717, 1.165) is 0 Å². The molecule has 0 aromatic heterocycles. The molecule has 0 atom stereocenters. The van der Waals surface area contributed by atoms with Crippen molar-refractivity contribution in [2.45, 2.75) is 13.3 Å². The maximum Gasteiger partial charge on any atom is 0.346 e. The molecule has 0 amide bonds. The largest absolute Gasteiger partial charge is 0.478 e. The van der Waals surface area contributed by atoms with Crippen molar-refractivity contribution in [2.75, 3.05) is 0 Å². The Morgan fingerprint density at radius 3 is 2.31 bits per heavy atom. The van der Waals surface area contributed by atoms with Gasteiger partial charge >= 0.3 is 17.9 Å². The maximum absolute atomic E-state index is 11.2. The summed E-state index contributed by atoms with van der Waals surface area (Å²) in [7, 11) is 0. The van der Waals surface area contributed by atoms with Crippen LogP contribution in [0.1, 0.15) is 43.6 Å². The Morgan fingerprint density at radius 2 is 1.81 bits per heavy atom. The van der Waals surface area contributed by atoms with Gasteiger partial charge in [0.2, 0.25) is 0 Å². The van der Waals surface area contributed by atoms with Crippen LogP contribution in [0.5, 0.6) is 0 Å². The van der Waals surface area contributed by atoms with Crippen LogP contribution in [0, 0.1) is 0 Å². The molecule has 1 aliphatic rings. The second kappa shape index (κ2) is 3.44. The van der Waals surface area contributed by atoms with Gasteiger partial charge in [-0.3, -0.25) is 0 Å².